The Morgan fingerprint density at radius 2 is 1.42 bits per heavy atom. The standard InChI is InChI=1S/C27H26N2O7/c1-16-3-6-20(26(30)32-2)21(9-16)29-27(31)28-19(10-17-4-7-22-24(12-17)35-14-33-22)11-18-5-8-23-25(13-18)36-15-34-23/h3-9,12-13,19H,10-11,14-15H2,1-2H3,(H2,28,29,31). The number of hydrogen-bond acceptors (Lipinski definition) is 7. The Kier molecular flexibility index (Phi) is 6.53. The molecule has 3 aromatic rings. The van der Waals surface area contributed by atoms with Crippen molar-refractivity contribution in [1.82, 2.24) is 5.32 Å². The topological polar surface area (TPSA) is 104 Å². The first-order valence-corrected chi connectivity index (χ1v) is 11.5. The molecule has 0 fully saturated rings. The maximum atomic E-state index is 13.1. The summed E-state index contributed by atoms with van der Waals surface area (Å²) in [5, 5.41) is 5.87. The summed E-state index contributed by atoms with van der Waals surface area (Å²) in [5.74, 6) is 2.24. The van der Waals surface area contributed by atoms with Crippen molar-refractivity contribution < 1.29 is 33.3 Å². The second-order valence-electron chi connectivity index (χ2n) is 8.62. The van der Waals surface area contributed by atoms with E-state index in [1.807, 2.05) is 43.3 Å². The predicted molar refractivity (Wildman–Crippen MR) is 131 cm³/mol. The third-order valence-electron chi connectivity index (χ3n) is 6.00. The van der Waals surface area contributed by atoms with E-state index in [-0.39, 0.29) is 25.2 Å². The molecule has 0 saturated heterocycles. The Hall–Kier alpha value is -4.40. The van der Waals surface area contributed by atoms with E-state index in [0.717, 1.165) is 16.7 Å². The van der Waals surface area contributed by atoms with Gasteiger partial charge in [0.05, 0.1) is 18.4 Å². The highest BCUT2D eigenvalue weighted by atomic mass is 16.7. The third-order valence-corrected chi connectivity index (χ3v) is 6.00. The number of fused-ring (bicyclic) bond motifs is 2. The molecule has 0 saturated carbocycles. The second-order valence-corrected chi connectivity index (χ2v) is 8.62. The lowest BCUT2D eigenvalue weighted by Gasteiger charge is -2.21. The van der Waals surface area contributed by atoms with Crippen LogP contribution in [0.15, 0.2) is 54.6 Å². The van der Waals surface area contributed by atoms with Crippen LogP contribution in [0.1, 0.15) is 27.0 Å². The molecular weight excluding hydrogens is 464 g/mol. The Morgan fingerprint density at radius 1 is 0.833 bits per heavy atom. The van der Waals surface area contributed by atoms with Crippen LogP contribution in [0, 0.1) is 6.92 Å². The van der Waals surface area contributed by atoms with Gasteiger partial charge in [0, 0.05) is 6.04 Å². The van der Waals surface area contributed by atoms with E-state index < -0.39 is 12.0 Å². The van der Waals surface area contributed by atoms with E-state index in [0.29, 0.717) is 41.5 Å². The number of hydrogen-bond donors (Lipinski definition) is 2. The number of amides is 2. The fraction of sp³-hybridized carbons (Fsp3) is 0.259. The fourth-order valence-corrected chi connectivity index (χ4v) is 4.27. The zero-order valence-electron chi connectivity index (χ0n) is 20.0. The van der Waals surface area contributed by atoms with E-state index >= 15 is 0 Å². The summed E-state index contributed by atoms with van der Waals surface area (Å²) in [6.45, 7) is 2.27. The number of carbonyl (C=O) groups excluding carboxylic acids is 2. The minimum atomic E-state index is -0.525. The minimum absolute atomic E-state index is 0.194. The first-order chi connectivity index (χ1) is 17.5. The normalized spacial score (nSPS) is 13.0. The van der Waals surface area contributed by atoms with Crippen LogP contribution in [0.5, 0.6) is 23.0 Å². The molecule has 3 aromatic carbocycles. The summed E-state index contributed by atoms with van der Waals surface area (Å²) in [6, 6.07) is 15.9. The van der Waals surface area contributed by atoms with E-state index in [1.54, 1.807) is 18.2 Å². The number of nitrogens with one attached hydrogen (secondary N) is 2. The monoisotopic (exact) mass is 490 g/mol. The van der Waals surface area contributed by atoms with Crippen LogP contribution < -0.4 is 29.6 Å². The summed E-state index contributed by atoms with van der Waals surface area (Å²) in [7, 11) is 1.30. The van der Waals surface area contributed by atoms with Gasteiger partial charge in [0.15, 0.2) is 23.0 Å². The van der Waals surface area contributed by atoms with Crippen LogP contribution in [0.2, 0.25) is 0 Å². The van der Waals surface area contributed by atoms with Gasteiger partial charge in [0.25, 0.3) is 0 Å². The number of anilines is 1. The molecule has 0 aromatic heterocycles. The van der Waals surface area contributed by atoms with E-state index in [2.05, 4.69) is 10.6 Å². The molecule has 2 aliphatic rings. The Balaban J connectivity index is 1.36. The largest absolute Gasteiger partial charge is 0.465 e. The van der Waals surface area contributed by atoms with Gasteiger partial charge in [0.2, 0.25) is 13.6 Å². The molecule has 5 rings (SSSR count). The van der Waals surface area contributed by atoms with Gasteiger partial charge in [-0.2, -0.15) is 0 Å². The molecule has 0 aliphatic carbocycles. The maximum absolute atomic E-state index is 13.1. The number of urea groups is 1. The van der Waals surface area contributed by atoms with Gasteiger partial charge in [0.1, 0.15) is 0 Å². The van der Waals surface area contributed by atoms with Gasteiger partial charge < -0.3 is 34.3 Å². The van der Waals surface area contributed by atoms with Crippen molar-refractivity contribution in [3.8, 4) is 23.0 Å². The first kappa shape index (κ1) is 23.3. The van der Waals surface area contributed by atoms with Gasteiger partial charge in [-0.15, -0.1) is 0 Å². The highest BCUT2D eigenvalue weighted by Crippen LogP contribution is 2.34. The number of benzene rings is 3. The molecule has 0 spiro atoms. The average molecular weight is 491 g/mol. The van der Waals surface area contributed by atoms with E-state index in [1.165, 1.54) is 7.11 Å². The molecule has 186 valence electrons. The molecule has 0 bridgehead atoms. The molecular formula is C27H26N2O7. The first-order valence-electron chi connectivity index (χ1n) is 11.5. The summed E-state index contributed by atoms with van der Waals surface area (Å²) >= 11 is 0. The van der Waals surface area contributed by atoms with Crippen molar-refractivity contribution in [3.05, 3.63) is 76.9 Å². The summed E-state index contributed by atoms with van der Waals surface area (Å²) in [4.78, 5) is 25.3. The van der Waals surface area contributed by atoms with Crippen molar-refractivity contribution in [2.45, 2.75) is 25.8 Å². The van der Waals surface area contributed by atoms with Crippen molar-refractivity contribution >= 4 is 17.7 Å². The Bertz CT molecular complexity index is 1250. The molecule has 0 radical (unpaired) electrons. The van der Waals surface area contributed by atoms with Crippen LogP contribution in [0.25, 0.3) is 0 Å². The zero-order chi connectivity index (χ0) is 25.1. The van der Waals surface area contributed by atoms with Crippen LogP contribution in [-0.2, 0) is 17.6 Å². The molecule has 2 amide bonds. The lowest BCUT2D eigenvalue weighted by molar-refractivity contribution is 0.0602. The molecule has 2 aliphatic heterocycles. The number of carbonyl (C=O) groups is 2. The van der Waals surface area contributed by atoms with Crippen LogP contribution in [-0.4, -0.2) is 38.7 Å². The molecule has 2 heterocycles. The third kappa shape index (κ3) is 5.14. The van der Waals surface area contributed by atoms with Crippen molar-refractivity contribution in [3.63, 3.8) is 0 Å². The number of methoxy groups -OCH3 is 1. The average Bonchev–Trinajstić information content (AvgIpc) is 3.52. The highest BCUT2D eigenvalue weighted by Gasteiger charge is 2.21. The summed E-state index contributed by atoms with van der Waals surface area (Å²) < 4.78 is 26.7. The minimum Gasteiger partial charge on any atom is -0.465 e. The lowest BCUT2D eigenvalue weighted by Crippen LogP contribution is -2.41. The zero-order valence-corrected chi connectivity index (χ0v) is 20.0. The second kappa shape index (κ2) is 10.1. The van der Waals surface area contributed by atoms with Gasteiger partial charge >= 0.3 is 12.0 Å². The van der Waals surface area contributed by atoms with Crippen LogP contribution >= 0.6 is 0 Å². The number of ether oxygens (including phenoxy) is 5. The molecule has 0 unspecified atom stereocenters. The predicted octanol–water partition coefficient (Wildman–Crippen LogP) is 4.21. The number of aryl methyl sites for hydroxylation is 1. The van der Waals surface area contributed by atoms with Crippen molar-refractivity contribution in [1.29, 1.82) is 0 Å². The number of esters is 1. The lowest BCUT2D eigenvalue weighted by atomic mass is 9.98. The Labute approximate surface area is 208 Å². The van der Waals surface area contributed by atoms with Crippen molar-refractivity contribution in [2.75, 3.05) is 26.0 Å². The molecule has 9 heteroatoms. The van der Waals surface area contributed by atoms with Gasteiger partial charge in [-0.25, -0.2) is 9.59 Å². The van der Waals surface area contributed by atoms with Gasteiger partial charge in [-0.1, -0.05) is 18.2 Å². The highest BCUT2D eigenvalue weighted by molar-refractivity contribution is 6.01. The van der Waals surface area contributed by atoms with Crippen molar-refractivity contribution in [2.24, 2.45) is 0 Å². The smallest absolute Gasteiger partial charge is 0.339 e. The molecule has 0 atom stereocenters. The van der Waals surface area contributed by atoms with Crippen LogP contribution in [0.4, 0.5) is 10.5 Å². The SMILES string of the molecule is COC(=O)c1ccc(C)cc1NC(=O)NC(Cc1ccc2c(c1)OCO2)Cc1ccc2c(c1)OCO2. The fourth-order valence-electron chi connectivity index (χ4n) is 4.27. The number of rotatable bonds is 7. The van der Waals surface area contributed by atoms with Gasteiger partial charge in [-0.05, 0) is 72.9 Å². The van der Waals surface area contributed by atoms with E-state index in [4.69, 9.17) is 23.7 Å². The molecule has 9 nitrogen and oxygen atoms in total. The molecule has 2 N–H and O–H groups in total. The molecule has 36 heavy (non-hydrogen) atoms. The quantitative estimate of drug-likeness (QED) is 0.478. The maximum Gasteiger partial charge on any atom is 0.339 e. The van der Waals surface area contributed by atoms with Gasteiger partial charge in [-0.3, -0.25) is 0 Å². The van der Waals surface area contributed by atoms with E-state index in [9.17, 15) is 9.59 Å². The summed E-state index contributed by atoms with van der Waals surface area (Å²) in [6.07, 6.45) is 1.08. The Morgan fingerprint density at radius 3 is 2.00 bits per heavy atom. The van der Waals surface area contributed by atoms with Crippen LogP contribution in [0.3, 0.4) is 0 Å². The summed E-state index contributed by atoms with van der Waals surface area (Å²) in [5.41, 5.74) is 3.52.